The summed E-state index contributed by atoms with van der Waals surface area (Å²) in [6.45, 7) is 4.03. The van der Waals surface area contributed by atoms with Crippen molar-refractivity contribution in [1.82, 2.24) is 9.62 Å². The number of nitrogens with two attached hydrogens (primary N) is 2. The van der Waals surface area contributed by atoms with Gasteiger partial charge in [-0.1, -0.05) is 32.4 Å². The Labute approximate surface area is 223 Å². The van der Waals surface area contributed by atoms with Crippen molar-refractivity contribution in [3.8, 4) is 0 Å². The Hall–Kier alpha value is -2.71. The van der Waals surface area contributed by atoms with Crippen molar-refractivity contribution in [1.29, 1.82) is 0 Å². The fraction of sp³-hybridized carbons (Fsp3) is 0.565. The van der Waals surface area contributed by atoms with E-state index in [4.69, 9.17) is 23.1 Å². The zero-order valence-corrected chi connectivity index (χ0v) is 22.4. The summed E-state index contributed by atoms with van der Waals surface area (Å²) in [6.07, 6.45) is -5.73. The molecular weight excluding hydrogens is 553 g/mol. The van der Waals surface area contributed by atoms with Crippen LogP contribution in [-0.4, -0.2) is 61.6 Å². The van der Waals surface area contributed by atoms with E-state index < -0.39 is 81.9 Å². The van der Waals surface area contributed by atoms with Crippen molar-refractivity contribution in [2.75, 3.05) is 6.54 Å². The van der Waals surface area contributed by atoms with Gasteiger partial charge in [0.15, 0.2) is 0 Å². The number of primary amides is 1. The number of benzene rings is 1. The lowest BCUT2D eigenvalue weighted by molar-refractivity contribution is -0.179. The van der Waals surface area contributed by atoms with E-state index in [0.29, 0.717) is 0 Å². The number of ketones is 1. The maximum absolute atomic E-state index is 13.2. The summed E-state index contributed by atoms with van der Waals surface area (Å²) in [5.41, 5.74) is 11.5. The van der Waals surface area contributed by atoms with Gasteiger partial charge < -0.3 is 16.4 Å². The molecule has 0 spiro atoms. The largest absolute Gasteiger partial charge is 0.450 e. The Kier molecular flexibility index (Phi) is 9.94. The number of hydrogen-bond donors (Lipinski definition) is 3. The molecular formula is C23H30ClF3N4O6S. The minimum atomic E-state index is -5.14. The van der Waals surface area contributed by atoms with Gasteiger partial charge in [0.1, 0.15) is 6.04 Å². The third kappa shape index (κ3) is 7.23. The fourth-order valence-corrected chi connectivity index (χ4v) is 5.82. The molecule has 0 aliphatic carbocycles. The number of carbonyl (C=O) groups excluding carboxylic acids is 4. The Balaban J connectivity index is 2.16. The zero-order valence-electron chi connectivity index (χ0n) is 20.9. The number of hydrogen-bond acceptors (Lipinski definition) is 7. The summed E-state index contributed by atoms with van der Waals surface area (Å²) in [5.74, 6) is -9.44. The quantitative estimate of drug-likeness (QED) is 0.376. The van der Waals surface area contributed by atoms with E-state index in [-0.39, 0.29) is 22.9 Å². The van der Waals surface area contributed by atoms with Crippen LogP contribution in [0.3, 0.4) is 0 Å². The molecule has 0 saturated carbocycles. The number of likely N-dealkylation sites (tertiary alicyclic amines) is 1. The smallest absolute Gasteiger partial charge is 0.368 e. The van der Waals surface area contributed by atoms with Gasteiger partial charge in [-0.25, -0.2) is 13.1 Å². The minimum absolute atomic E-state index is 0.0923. The van der Waals surface area contributed by atoms with Crippen LogP contribution in [0.4, 0.5) is 13.2 Å². The molecule has 1 aliphatic rings. The molecule has 1 aliphatic heterocycles. The van der Waals surface area contributed by atoms with Crippen LogP contribution in [0.2, 0.25) is 5.02 Å². The van der Waals surface area contributed by atoms with E-state index in [2.05, 4.69) is 0 Å². The molecule has 0 radical (unpaired) electrons. The average molecular weight is 583 g/mol. The molecule has 1 aromatic carbocycles. The normalized spacial score (nSPS) is 20.6. The molecule has 5 atom stereocenters. The van der Waals surface area contributed by atoms with Crippen molar-refractivity contribution < 1.29 is 40.8 Å². The highest BCUT2D eigenvalue weighted by Crippen LogP contribution is 2.39. The summed E-state index contributed by atoms with van der Waals surface area (Å²) >= 11 is 5.73. The summed E-state index contributed by atoms with van der Waals surface area (Å²) in [7, 11) is -4.23. The van der Waals surface area contributed by atoms with Gasteiger partial charge in [-0.3, -0.25) is 19.2 Å². The van der Waals surface area contributed by atoms with Crippen LogP contribution in [0.1, 0.15) is 33.6 Å². The lowest BCUT2D eigenvalue weighted by Crippen LogP contribution is -2.55. The number of Topliss-reactive ketones (excluding diaryl/α,β-unsaturated/α-hetero) is 1. The highest BCUT2D eigenvalue weighted by Gasteiger charge is 2.53. The second-order valence-corrected chi connectivity index (χ2v) is 11.8. The average Bonchev–Trinajstić information content (AvgIpc) is 3.21. The second kappa shape index (κ2) is 12.0. The molecule has 3 amide bonds. The Morgan fingerprint density at radius 3 is 2.16 bits per heavy atom. The number of sulfonamides is 1. The summed E-state index contributed by atoms with van der Waals surface area (Å²) in [6, 6.07) is 2.09. The Morgan fingerprint density at radius 2 is 1.68 bits per heavy atom. The van der Waals surface area contributed by atoms with E-state index >= 15 is 0 Å². The maximum Gasteiger partial charge on any atom is 0.450 e. The molecule has 1 saturated heterocycles. The highest BCUT2D eigenvalue weighted by atomic mass is 35.5. The molecule has 0 aromatic heterocycles. The summed E-state index contributed by atoms with van der Waals surface area (Å²) in [5, 5.41) is 0.286. The summed E-state index contributed by atoms with van der Waals surface area (Å²) in [4.78, 5) is 50.7. The van der Waals surface area contributed by atoms with Gasteiger partial charge in [-0.05, 0) is 42.5 Å². The molecule has 38 heavy (non-hydrogen) atoms. The number of halogens is 4. The van der Waals surface area contributed by atoms with Crippen molar-refractivity contribution in [3.05, 3.63) is 29.3 Å². The van der Waals surface area contributed by atoms with Crippen LogP contribution in [0.5, 0.6) is 0 Å². The third-order valence-electron chi connectivity index (χ3n) is 6.56. The number of nitrogens with zero attached hydrogens (tertiary/aromatic N) is 1. The van der Waals surface area contributed by atoms with Gasteiger partial charge in [0.05, 0.1) is 10.9 Å². The maximum atomic E-state index is 13.2. The van der Waals surface area contributed by atoms with Gasteiger partial charge >= 0.3 is 6.18 Å². The van der Waals surface area contributed by atoms with Gasteiger partial charge in [-0.15, -0.1) is 0 Å². The van der Waals surface area contributed by atoms with E-state index in [1.165, 1.54) is 45.0 Å². The van der Waals surface area contributed by atoms with E-state index in [1.807, 2.05) is 4.72 Å². The first-order valence-electron chi connectivity index (χ1n) is 11.7. The first kappa shape index (κ1) is 31.5. The topological polar surface area (TPSA) is 170 Å². The molecule has 3 unspecified atom stereocenters. The standard InChI is InChI=1S/C23H30ClF3N4O6S/c1-11(2)17(20(33)23(25,26)27)15-8-9-31(19(15)21(29)34)22(35)18(28)12(3)10-16(32)30-38(36,37)14-6-4-13(24)5-7-14/h4-7,11-12,15,17-19H,8-10,28H2,1-3H3,(H2,29,34)(H,30,32)/t12?,15?,17?,18-,19-/m0/s1. The van der Waals surface area contributed by atoms with Crippen molar-refractivity contribution >= 4 is 45.1 Å². The van der Waals surface area contributed by atoms with Crippen LogP contribution < -0.4 is 16.2 Å². The zero-order chi connectivity index (χ0) is 29.2. The van der Waals surface area contributed by atoms with Crippen LogP contribution >= 0.6 is 11.6 Å². The molecule has 15 heteroatoms. The number of nitrogens with one attached hydrogen (secondary N) is 1. The predicted molar refractivity (Wildman–Crippen MR) is 131 cm³/mol. The molecule has 10 nitrogen and oxygen atoms in total. The van der Waals surface area contributed by atoms with Crippen molar-refractivity contribution in [3.63, 3.8) is 0 Å². The Morgan fingerprint density at radius 1 is 1.13 bits per heavy atom. The first-order valence-corrected chi connectivity index (χ1v) is 13.5. The van der Waals surface area contributed by atoms with Crippen molar-refractivity contribution in [2.24, 2.45) is 35.1 Å². The van der Waals surface area contributed by atoms with Gasteiger partial charge in [0, 0.05) is 29.8 Å². The molecule has 1 heterocycles. The summed E-state index contributed by atoms with van der Waals surface area (Å²) < 4.78 is 66.4. The predicted octanol–water partition coefficient (Wildman–Crippen LogP) is 1.60. The van der Waals surface area contributed by atoms with Crippen LogP contribution in [-0.2, 0) is 29.2 Å². The lowest BCUT2D eigenvalue weighted by atomic mass is 9.76. The molecule has 1 fully saturated rings. The minimum Gasteiger partial charge on any atom is -0.368 e. The third-order valence-corrected chi connectivity index (χ3v) is 8.20. The number of alkyl halides is 3. The molecule has 212 valence electrons. The highest BCUT2D eigenvalue weighted by molar-refractivity contribution is 7.90. The fourth-order valence-electron chi connectivity index (χ4n) is 4.70. The van der Waals surface area contributed by atoms with E-state index in [1.54, 1.807) is 0 Å². The van der Waals surface area contributed by atoms with Crippen LogP contribution in [0.25, 0.3) is 0 Å². The van der Waals surface area contributed by atoms with Gasteiger partial charge in [0.25, 0.3) is 10.0 Å². The van der Waals surface area contributed by atoms with Crippen molar-refractivity contribution in [2.45, 2.75) is 56.8 Å². The molecule has 2 rings (SSSR count). The monoisotopic (exact) mass is 582 g/mol. The van der Waals surface area contributed by atoms with Crippen LogP contribution in [0, 0.1) is 23.7 Å². The number of carbonyl (C=O) groups is 4. The van der Waals surface area contributed by atoms with Crippen LogP contribution in [0.15, 0.2) is 29.2 Å². The van der Waals surface area contributed by atoms with Gasteiger partial charge in [0.2, 0.25) is 23.5 Å². The lowest BCUT2D eigenvalue weighted by Gasteiger charge is -2.33. The SMILES string of the molecule is CC(C)C(C(=O)C(F)(F)F)C1CCN(C(=O)[C@@H](N)C(C)CC(=O)NS(=O)(=O)c2ccc(Cl)cc2)[C@@H]1C(N)=O. The number of amides is 3. The molecule has 1 aromatic rings. The molecule has 0 bridgehead atoms. The molecule has 5 N–H and O–H groups in total. The first-order chi connectivity index (χ1) is 17.4. The van der Waals surface area contributed by atoms with E-state index in [9.17, 15) is 40.8 Å². The van der Waals surface area contributed by atoms with Gasteiger partial charge in [-0.2, -0.15) is 13.2 Å². The van der Waals surface area contributed by atoms with E-state index in [0.717, 1.165) is 4.90 Å². The second-order valence-electron chi connectivity index (χ2n) is 9.65. The number of rotatable bonds is 10. The Bertz CT molecular complexity index is 1180.